The Morgan fingerprint density at radius 3 is 2.57 bits per heavy atom. The fraction of sp³-hybridized carbons (Fsp3) is 0.0556. The second-order valence-corrected chi connectivity index (χ2v) is 5.31. The van der Waals surface area contributed by atoms with E-state index in [0.717, 1.165) is 12.1 Å². The molecule has 0 aliphatic carbocycles. The van der Waals surface area contributed by atoms with Gasteiger partial charge in [0.25, 0.3) is 17.5 Å². The normalized spacial score (nSPS) is 10.3. The number of amides is 2. The van der Waals surface area contributed by atoms with Crippen molar-refractivity contribution in [2.24, 2.45) is 0 Å². The maximum atomic E-state index is 13.0. The highest BCUT2D eigenvalue weighted by atomic mass is 19.1. The number of non-ortho nitro benzene ring substituents is 1. The summed E-state index contributed by atoms with van der Waals surface area (Å²) in [5.41, 5.74) is 4.17. The molecule has 0 saturated heterocycles. The molecule has 0 atom stereocenters. The Balaban J connectivity index is 1.77. The largest absolute Gasteiger partial charge is 0.452 e. The van der Waals surface area contributed by atoms with Crippen molar-refractivity contribution in [2.45, 2.75) is 0 Å². The van der Waals surface area contributed by atoms with Crippen molar-refractivity contribution in [2.75, 3.05) is 6.61 Å². The van der Waals surface area contributed by atoms with E-state index >= 15 is 0 Å². The van der Waals surface area contributed by atoms with E-state index in [1.165, 1.54) is 42.5 Å². The number of carbonyl (C=O) groups is 3. The monoisotopic (exact) mass is 387 g/mol. The molecule has 144 valence electrons. The van der Waals surface area contributed by atoms with Crippen molar-refractivity contribution in [3.05, 3.63) is 81.7 Å². The van der Waals surface area contributed by atoms with Crippen molar-refractivity contribution in [3.63, 3.8) is 0 Å². The van der Waals surface area contributed by atoms with E-state index in [9.17, 15) is 28.9 Å². The minimum atomic E-state index is -0.843. The number of hydrazine groups is 1. The summed E-state index contributed by atoms with van der Waals surface area (Å²) in [5, 5.41) is 10.7. The average molecular weight is 387 g/mol. The summed E-state index contributed by atoms with van der Waals surface area (Å²) in [6, 6.07) is 10.4. The van der Waals surface area contributed by atoms with E-state index in [-0.39, 0.29) is 11.3 Å². The van der Waals surface area contributed by atoms with E-state index in [4.69, 9.17) is 0 Å². The van der Waals surface area contributed by atoms with Crippen LogP contribution in [0.3, 0.4) is 0 Å². The van der Waals surface area contributed by atoms with Crippen LogP contribution in [0.15, 0.2) is 54.6 Å². The van der Waals surface area contributed by atoms with Crippen molar-refractivity contribution >= 4 is 29.5 Å². The van der Waals surface area contributed by atoms with Crippen LogP contribution in [0.5, 0.6) is 0 Å². The van der Waals surface area contributed by atoms with Crippen LogP contribution in [-0.2, 0) is 14.3 Å². The highest BCUT2D eigenvalue weighted by molar-refractivity contribution is 5.96. The second-order valence-electron chi connectivity index (χ2n) is 5.31. The van der Waals surface area contributed by atoms with Crippen molar-refractivity contribution in [3.8, 4) is 0 Å². The molecule has 0 aromatic heterocycles. The van der Waals surface area contributed by atoms with Gasteiger partial charge in [-0.05, 0) is 29.8 Å². The standard InChI is InChI=1S/C18H14FN3O6/c19-14-5-1-3-12(9-14)7-8-17(24)28-11-16(23)20-21-18(25)13-4-2-6-15(10-13)22(26)27/h1-10H,11H2,(H,20,23)(H,21,25)/b8-7+. The number of ether oxygens (including phenoxy) is 1. The lowest BCUT2D eigenvalue weighted by Crippen LogP contribution is -2.43. The topological polar surface area (TPSA) is 128 Å². The molecule has 10 heteroatoms. The molecule has 0 unspecified atom stereocenters. The van der Waals surface area contributed by atoms with E-state index < -0.39 is 35.1 Å². The number of hydrogen-bond donors (Lipinski definition) is 2. The number of nitro benzene ring substituents is 1. The quantitative estimate of drug-likeness (QED) is 0.336. The molecule has 2 aromatic rings. The lowest BCUT2D eigenvalue weighted by Gasteiger charge is -2.07. The van der Waals surface area contributed by atoms with Crippen molar-refractivity contribution < 1.29 is 28.4 Å². The Morgan fingerprint density at radius 1 is 1.11 bits per heavy atom. The maximum Gasteiger partial charge on any atom is 0.331 e. The first-order chi connectivity index (χ1) is 13.3. The molecule has 2 aromatic carbocycles. The molecular weight excluding hydrogens is 373 g/mol. The smallest absolute Gasteiger partial charge is 0.331 e. The third kappa shape index (κ3) is 6.33. The summed E-state index contributed by atoms with van der Waals surface area (Å²) in [4.78, 5) is 45.0. The fourth-order valence-corrected chi connectivity index (χ4v) is 1.95. The van der Waals surface area contributed by atoms with Crippen LogP contribution in [0.2, 0.25) is 0 Å². The van der Waals surface area contributed by atoms with Crippen LogP contribution in [0, 0.1) is 15.9 Å². The van der Waals surface area contributed by atoms with Gasteiger partial charge in [-0.3, -0.25) is 30.6 Å². The van der Waals surface area contributed by atoms with Crippen LogP contribution < -0.4 is 10.9 Å². The molecule has 2 amide bonds. The Hall–Kier alpha value is -4.08. The SMILES string of the molecule is O=C(COC(=O)/C=C/c1cccc(F)c1)NNC(=O)c1cccc([N+](=O)[O-])c1. The lowest BCUT2D eigenvalue weighted by molar-refractivity contribution is -0.384. The number of halogens is 1. The molecule has 9 nitrogen and oxygen atoms in total. The molecule has 0 bridgehead atoms. The zero-order valence-corrected chi connectivity index (χ0v) is 14.3. The van der Waals surface area contributed by atoms with Gasteiger partial charge in [0.15, 0.2) is 6.61 Å². The molecule has 2 N–H and O–H groups in total. The molecule has 0 fully saturated rings. The Bertz CT molecular complexity index is 944. The van der Waals surface area contributed by atoms with Gasteiger partial charge >= 0.3 is 5.97 Å². The number of carbonyl (C=O) groups excluding carboxylic acids is 3. The average Bonchev–Trinajstić information content (AvgIpc) is 2.69. The molecular formula is C18H14FN3O6. The van der Waals surface area contributed by atoms with Crippen LogP contribution in [-0.4, -0.2) is 29.3 Å². The molecule has 2 rings (SSSR count). The summed E-state index contributed by atoms with van der Waals surface area (Å²) < 4.78 is 17.7. The number of hydrogen-bond acceptors (Lipinski definition) is 6. The van der Waals surface area contributed by atoms with Crippen LogP contribution >= 0.6 is 0 Å². The molecule has 0 aliphatic heterocycles. The number of esters is 1. The van der Waals surface area contributed by atoms with Crippen molar-refractivity contribution in [1.29, 1.82) is 0 Å². The zero-order valence-electron chi connectivity index (χ0n) is 14.3. The first-order valence-corrected chi connectivity index (χ1v) is 7.79. The van der Waals surface area contributed by atoms with E-state index in [0.29, 0.717) is 5.56 Å². The number of nitro groups is 1. The lowest BCUT2D eigenvalue weighted by atomic mass is 10.2. The zero-order chi connectivity index (χ0) is 20.5. The van der Waals surface area contributed by atoms with Gasteiger partial charge in [-0.1, -0.05) is 18.2 Å². The van der Waals surface area contributed by atoms with Gasteiger partial charge in [-0.15, -0.1) is 0 Å². The van der Waals surface area contributed by atoms with Gasteiger partial charge in [-0.25, -0.2) is 9.18 Å². The van der Waals surface area contributed by atoms with Gasteiger partial charge < -0.3 is 4.74 Å². The van der Waals surface area contributed by atoms with Gasteiger partial charge in [0.2, 0.25) is 0 Å². The third-order valence-corrected chi connectivity index (χ3v) is 3.24. The first kappa shape index (κ1) is 20.2. The molecule has 0 radical (unpaired) electrons. The minimum Gasteiger partial charge on any atom is -0.452 e. The summed E-state index contributed by atoms with van der Waals surface area (Å²) in [6.07, 6.45) is 2.33. The Morgan fingerprint density at radius 2 is 1.86 bits per heavy atom. The summed E-state index contributed by atoms with van der Waals surface area (Å²) in [7, 11) is 0. The van der Waals surface area contributed by atoms with Gasteiger partial charge in [0.05, 0.1) is 4.92 Å². The molecule has 28 heavy (non-hydrogen) atoms. The first-order valence-electron chi connectivity index (χ1n) is 7.79. The predicted molar refractivity (Wildman–Crippen MR) is 95.1 cm³/mol. The number of rotatable bonds is 6. The fourth-order valence-electron chi connectivity index (χ4n) is 1.95. The number of benzene rings is 2. The van der Waals surface area contributed by atoms with E-state index in [1.54, 1.807) is 6.07 Å². The van der Waals surface area contributed by atoms with Crippen molar-refractivity contribution in [1.82, 2.24) is 10.9 Å². The van der Waals surface area contributed by atoms with E-state index in [2.05, 4.69) is 4.74 Å². The molecule has 0 aliphatic rings. The minimum absolute atomic E-state index is 0.0375. The predicted octanol–water partition coefficient (Wildman–Crippen LogP) is 1.75. The summed E-state index contributed by atoms with van der Waals surface area (Å²) >= 11 is 0. The summed E-state index contributed by atoms with van der Waals surface area (Å²) in [6.45, 7) is -0.679. The van der Waals surface area contributed by atoms with Crippen LogP contribution in [0.1, 0.15) is 15.9 Å². The molecule has 0 heterocycles. The van der Waals surface area contributed by atoms with Gasteiger partial charge in [-0.2, -0.15) is 0 Å². The highest BCUT2D eigenvalue weighted by Crippen LogP contribution is 2.12. The Kier molecular flexibility index (Phi) is 6.92. The second kappa shape index (κ2) is 9.57. The maximum absolute atomic E-state index is 13.0. The van der Waals surface area contributed by atoms with Crippen LogP contribution in [0.25, 0.3) is 6.08 Å². The molecule has 0 spiro atoms. The highest BCUT2D eigenvalue weighted by Gasteiger charge is 2.12. The van der Waals surface area contributed by atoms with Crippen LogP contribution in [0.4, 0.5) is 10.1 Å². The number of nitrogens with one attached hydrogen (secondary N) is 2. The molecule has 0 saturated carbocycles. The summed E-state index contributed by atoms with van der Waals surface area (Å²) in [5.74, 6) is -2.92. The van der Waals surface area contributed by atoms with Gasteiger partial charge in [0, 0.05) is 23.8 Å². The Labute approximate surface area is 157 Å². The van der Waals surface area contributed by atoms with Gasteiger partial charge in [0.1, 0.15) is 5.82 Å². The number of nitrogens with zero attached hydrogens (tertiary/aromatic N) is 1. The third-order valence-electron chi connectivity index (χ3n) is 3.24. The van der Waals surface area contributed by atoms with E-state index in [1.807, 2.05) is 10.9 Å².